The van der Waals surface area contributed by atoms with Crippen molar-refractivity contribution < 1.29 is 5.11 Å². The van der Waals surface area contributed by atoms with Crippen LogP contribution in [0.25, 0.3) is 0 Å². The SMILES string of the molecule is CC(C)CC1C(C)CCC(O)CC1C. The topological polar surface area (TPSA) is 20.2 Å². The summed E-state index contributed by atoms with van der Waals surface area (Å²) in [6.45, 7) is 9.29. The zero-order valence-electron chi connectivity index (χ0n) is 10.2. The van der Waals surface area contributed by atoms with Gasteiger partial charge in [0.1, 0.15) is 0 Å². The molecular weight excluding hydrogens is 172 g/mol. The Morgan fingerprint density at radius 3 is 2.36 bits per heavy atom. The molecule has 1 rings (SSSR count). The largest absolute Gasteiger partial charge is 0.393 e. The van der Waals surface area contributed by atoms with E-state index in [0.29, 0.717) is 5.92 Å². The van der Waals surface area contributed by atoms with Crippen molar-refractivity contribution in [1.82, 2.24) is 0 Å². The Kier molecular flexibility index (Phi) is 4.43. The van der Waals surface area contributed by atoms with Crippen LogP contribution in [0.5, 0.6) is 0 Å². The van der Waals surface area contributed by atoms with Gasteiger partial charge in [-0.15, -0.1) is 0 Å². The second-order valence-corrected chi connectivity index (χ2v) is 5.71. The van der Waals surface area contributed by atoms with Crippen LogP contribution in [-0.4, -0.2) is 11.2 Å². The molecule has 1 aliphatic rings. The van der Waals surface area contributed by atoms with Crippen molar-refractivity contribution in [3.63, 3.8) is 0 Å². The molecule has 0 heterocycles. The molecule has 0 amide bonds. The van der Waals surface area contributed by atoms with Gasteiger partial charge in [0.25, 0.3) is 0 Å². The number of hydrogen-bond acceptors (Lipinski definition) is 1. The maximum Gasteiger partial charge on any atom is 0.0543 e. The molecule has 1 heteroatoms. The van der Waals surface area contributed by atoms with Crippen LogP contribution in [0.4, 0.5) is 0 Å². The fourth-order valence-corrected chi connectivity index (χ4v) is 2.96. The maximum absolute atomic E-state index is 9.73. The Balaban J connectivity index is 2.59. The minimum atomic E-state index is -0.0374. The highest BCUT2D eigenvalue weighted by Crippen LogP contribution is 2.36. The average Bonchev–Trinajstić information content (AvgIpc) is 2.18. The van der Waals surface area contributed by atoms with Gasteiger partial charge < -0.3 is 5.11 Å². The minimum Gasteiger partial charge on any atom is -0.393 e. The minimum absolute atomic E-state index is 0.0374. The van der Waals surface area contributed by atoms with E-state index in [1.807, 2.05) is 0 Å². The molecule has 1 aliphatic carbocycles. The summed E-state index contributed by atoms with van der Waals surface area (Å²) in [5, 5.41) is 9.73. The van der Waals surface area contributed by atoms with Gasteiger partial charge in [0.2, 0.25) is 0 Å². The summed E-state index contributed by atoms with van der Waals surface area (Å²) in [5.41, 5.74) is 0. The molecule has 1 nitrogen and oxygen atoms in total. The molecule has 0 aromatic heterocycles. The van der Waals surface area contributed by atoms with Gasteiger partial charge in [-0.25, -0.2) is 0 Å². The quantitative estimate of drug-likeness (QED) is 0.674. The second-order valence-electron chi connectivity index (χ2n) is 5.71. The summed E-state index contributed by atoms with van der Waals surface area (Å²) in [6.07, 6.45) is 4.53. The average molecular weight is 198 g/mol. The lowest BCUT2D eigenvalue weighted by molar-refractivity contribution is 0.134. The molecule has 14 heavy (non-hydrogen) atoms. The van der Waals surface area contributed by atoms with Crippen molar-refractivity contribution in [3.05, 3.63) is 0 Å². The standard InChI is InChI=1S/C13H26O/c1-9(2)7-13-10(3)5-6-12(14)8-11(13)4/h9-14H,5-8H2,1-4H3. The van der Waals surface area contributed by atoms with Crippen molar-refractivity contribution in [2.24, 2.45) is 23.7 Å². The summed E-state index contributed by atoms with van der Waals surface area (Å²) < 4.78 is 0. The molecule has 0 spiro atoms. The smallest absolute Gasteiger partial charge is 0.0543 e. The predicted octanol–water partition coefficient (Wildman–Crippen LogP) is 3.47. The first kappa shape index (κ1) is 12.0. The van der Waals surface area contributed by atoms with Gasteiger partial charge in [0.05, 0.1) is 6.10 Å². The number of hydrogen-bond donors (Lipinski definition) is 1. The van der Waals surface area contributed by atoms with Crippen LogP contribution in [0.3, 0.4) is 0 Å². The third-order valence-electron chi connectivity index (χ3n) is 3.80. The van der Waals surface area contributed by atoms with E-state index in [0.717, 1.165) is 30.6 Å². The molecule has 0 bridgehead atoms. The summed E-state index contributed by atoms with van der Waals surface area (Å²) >= 11 is 0. The number of aliphatic hydroxyl groups excluding tert-OH is 1. The molecule has 1 saturated carbocycles. The number of rotatable bonds is 2. The fraction of sp³-hybridized carbons (Fsp3) is 1.00. The first-order chi connectivity index (χ1) is 6.50. The molecule has 4 atom stereocenters. The van der Waals surface area contributed by atoms with Crippen LogP contribution in [0, 0.1) is 23.7 Å². The zero-order valence-corrected chi connectivity index (χ0v) is 10.2. The van der Waals surface area contributed by atoms with E-state index in [-0.39, 0.29) is 6.10 Å². The first-order valence-electron chi connectivity index (χ1n) is 6.18. The Labute approximate surface area is 88.9 Å². The Hall–Kier alpha value is -0.0400. The highest BCUT2D eigenvalue weighted by Gasteiger charge is 2.29. The molecule has 0 aliphatic heterocycles. The molecule has 84 valence electrons. The summed E-state index contributed by atoms with van der Waals surface area (Å²) in [5.74, 6) is 3.11. The monoisotopic (exact) mass is 198 g/mol. The molecule has 1 N–H and O–H groups in total. The molecule has 4 unspecified atom stereocenters. The van der Waals surface area contributed by atoms with Crippen molar-refractivity contribution in [1.29, 1.82) is 0 Å². The van der Waals surface area contributed by atoms with Crippen LogP contribution >= 0.6 is 0 Å². The van der Waals surface area contributed by atoms with Crippen LogP contribution < -0.4 is 0 Å². The Morgan fingerprint density at radius 1 is 1.14 bits per heavy atom. The molecule has 0 aromatic carbocycles. The summed E-state index contributed by atoms with van der Waals surface area (Å²) in [7, 11) is 0. The van der Waals surface area contributed by atoms with E-state index in [9.17, 15) is 5.11 Å². The van der Waals surface area contributed by atoms with E-state index >= 15 is 0 Å². The molecule has 0 aromatic rings. The lowest BCUT2D eigenvalue weighted by Crippen LogP contribution is -2.20. The van der Waals surface area contributed by atoms with Gasteiger partial charge in [-0.1, -0.05) is 27.7 Å². The van der Waals surface area contributed by atoms with Crippen LogP contribution in [-0.2, 0) is 0 Å². The maximum atomic E-state index is 9.73. The molecule has 1 fully saturated rings. The van der Waals surface area contributed by atoms with Gasteiger partial charge in [-0.2, -0.15) is 0 Å². The van der Waals surface area contributed by atoms with E-state index in [1.165, 1.54) is 12.8 Å². The van der Waals surface area contributed by atoms with Crippen molar-refractivity contribution in [3.8, 4) is 0 Å². The third kappa shape index (κ3) is 3.27. The van der Waals surface area contributed by atoms with Crippen LogP contribution in [0.1, 0.15) is 53.4 Å². The van der Waals surface area contributed by atoms with E-state index < -0.39 is 0 Å². The highest BCUT2D eigenvalue weighted by molar-refractivity contribution is 4.80. The second kappa shape index (κ2) is 5.16. The van der Waals surface area contributed by atoms with Gasteiger partial charge in [-0.3, -0.25) is 0 Å². The lowest BCUT2D eigenvalue weighted by atomic mass is 9.77. The van der Waals surface area contributed by atoms with Gasteiger partial charge >= 0.3 is 0 Å². The normalized spacial score (nSPS) is 39.9. The van der Waals surface area contributed by atoms with E-state index in [2.05, 4.69) is 27.7 Å². The van der Waals surface area contributed by atoms with Crippen molar-refractivity contribution in [2.45, 2.75) is 59.5 Å². The molecule has 0 radical (unpaired) electrons. The lowest BCUT2D eigenvalue weighted by Gasteiger charge is -2.28. The van der Waals surface area contributed by atoms with Crippen molar-refractivity contribution >= 4 is 0 Å². The van der Waals surface area contributed by atoms with Crippen LogP contribution in [0.15, 0.2) is 0 Å². The summed E-state index contributed by atoms with van der Waals surface area (Å²) in [6, 6.07) is 0. The van der Waals surface area contributed by atoms with Gasteiger partial charge in [-0.05, 0) is 49.4 Å². The highest BCUT2D eigenvalue weighted by atomic mass is 16.3. The van der Waals surface area contributed by atoms with E-state index in [1.54, 1.807) is 0 Å². The predicted molar refractivity (Wildman–Crippen MR) is 61.1 cm³/mol. The fourth-order valence-electron chi connectivity index (χ4n) is 2.96. The Morgan fingerprint density at radius 2 is 1.79 bits per heavy atom. The first-order valence-corrected chi connectivity index (χ1v) is 6.18. The molecular formula is C13H26O. The van der Waals surface area contributed by atoms with Crippen molar-refractivity contribution in [2.75, 3.05) is 0 Å². The Bertz CT molecular complexity index is 165. The number of aliphatic hydroxyl groups is 1. The van der Waals surface area contributed by atoms with E-state index in [4.69, 9.17) is 0 Å². The summed E-state index contributed by atoms with van der Waals surface area (Å²) in [4.78, 5) is 0. The van der Waals surface area contributed by atoms with Gasteiger partial charge in [0.15, 0.2) is 0 Å². The van der Waals surface area contributed by atoms with Crippen LogP contribution in [0.2, 0.25) is 0 Å². The van der Waals surface area contributed by atoms with Gasteiger partial charge in [0, 0.05) is 0 Å². The third-order valence-corrected chi connectivity index (χ3v) is 3.80. The molecule has 0 saturated heterocycles. The zero-order chi connectivity index (χ0) is 10.7.